The molecular weight excluding hydrogens is 541 g/mol. The van der Waals surface area contributed by atoms with Gasteiger partial charge in [-0.3, -0.25) is 0 Å². The van der Waals surface area contributed by atoms with Gasteiger partial charge in [0, 0.05) is 0 Å². The first-order valence-electron chi connectivity index (χ1n) is 12.8. The third-order valence-corrected chi connectivity index (χ3v) is 45.4. The van der Waals surface area contributed by atoms with Gasteiger partial charge in [0.1, 0.15) is 22.5 Å². The molecule has 0 amide bonds. The van der Waals surface area contributed by atoms with Crippen LogP contribution in [0.3, 0.4) is 0 Å². The zero-order valence-corrected chi connectivity index (χ0v) is 28.7. The van der Waals surface area contributed by atoms with Crippen molar-refractivity contribution in [2.45, 2.75) is 52.4 Å². The van der Waals surface area contributed by atoms with Crippen molar-refractivity contribution < 1.29 is 9.47 Å². The van der Waals surface area contributed by atoms with Gasteiger partial charge in [0.05, 0.1) is 56.3 Å². The molecule has 1 heterocycles. The summed E-state index contributed by atoms with van der Waals surface area (Å²) in [4.78, 5) is 0. The molecule has 0 aliphatic rings. The summed E-state index contributed by atoms with van der Waals surface area (Å²) in [5.74, 6) is 1.83. The summed E-state index contributed by atoms with van der Waals surface area (Å²) >= 11 is 1.38. The molecule has 37 heavy (non-hydrogen) atoms. The number of rotatable bonds is 8. The van der Waals surface area contributed by atoms with Crippen molar-refractivity contribution in [2.75, 3.05) is 14.2 Å². The molecule has 3 aromatic carbocycles. The predicted molar refractivity (Wildman–Crippen MR) is 172 cm³/mol. The highest BCUT2D eigenvalue weighted by Gasteiger charge is 2.48. The van der Waals surface area contributed by atoms with E-state index < -0.39 is 30.4 Å². The fourth-order valence-corrected chi connectivity index (χ4v) is 23.9. The molecule has 4 rings (SSSR count). The first-order valence-corrected chi connectivity index (χ1v) is 27.6. The van der Waals surface area contributed by atoms with Crippen LogP contribution in [0.5, 0.6) is 11.5 Å². The largest absolute Gasteiger partial charge is 0.497 e. The second-order valence-electron chi connectivity index (χ2n) is 12.1. The molecule has 0 N–H and O–H groups in total. The maximum Gasteiger partial charge on any atom is 0.118 e. The standard InChI is InChI=1S/C28H40N2O2SSi4/c1-31-21-11-15-23(16-12-21)34(3,4)36(7,8)25-19-20-26(28-27(25)29-33-30-28)37(9,10)35(5,6)24-17-13-22(32-2)14-18-24/h11-20H,1-10H3. The lowest BCUT2D eigenvalue weighted by Crippen LogP contribution is -2.70. The van der Waals surface area contributed by atoms with Gasteiger partial charge >= 0.3 is 0 Å². The van der Waals surface area contributed by atoms with Crippen LogP contribution < -0.4 is 30.2 Å². The van der Waals surface area contributed by atoms with E-state index in [9.17, 15) is 0 Å². The second-order valence-corrected chi connectivity index (χ2v) is 42.8. The Labute approximate surface area is 230 Å². The summed E-state index contributed by atoms with van der Waals surface area (Å²) in [5, 5.41) is 5.88. The minimum atomic E-state index is -1.89. The van der Waals surface area contributed by atoms with Gasteiger partial charge in [0.25, 0.3) is 0 Å². The molecule has 4 nitrogen and oxygen atoms in total. The molecule has 0 radical (unpaired) electrons. The van der Waals surface area contributed by atoms with Gasteiger partial charge in [0.15, 0.2) is 0 Å². The lowest BCUT2D eigenvalue weighted by atomic mass is 10.3. The highest BCUT2D eigenvalue weighted by atomic mass is 32.1. The number of aromatic nitrogens is 2. The fraction of sp³-hybridized carbons (Fsp3) is 0.357. The Balaban J connectivity index is 1.80. The molecule has 0 aliphatic heterocycles. The van der Waals surface area contributed by atoms with Crippen LogP contribution in [-0.4, -0.2) is 53.3 Å². The summed E-state index contributed by atoms with van der Waals surface area (Å²) in [7, 11) is -3.94. The molecule has 0 saturated heterocycles. The van der Waals surface area contributed by atoms with E-state index in [0.29, 0.717) is 0 Å². The smallest absolute Gasteiger partial charge is 0.118 e. The average Bonchev–Trinajstić information content (AvgIpc) is 3.37. The first-order chi connectivity index (χ1) is 17.3. The van der Waals surface area contributed by atoms with Gasteiger partial charge in [0.2, 0.25) is 0 Å². The van der Waals surface area contributed by atoms with E-state index >= 15 is 0 Å². The van der Waals surface area contributed by atoms with E-state index in [2.05, 4.69) is 113 Å². The van der Waals surface area contributed by atoms with Gasteiger partial charge in [-0.1, -0.05) is 99.1 Å². The van der Waals surface area contributed by atoms with E-state index in [1.807, 2.05) is 0 Å². The summed E-state index contributed by atoms with van der Waals surface area (Å²) in [6.07, 6.45) is 0. The van der Waals surface area contributed by atoms with Crippen LogP contribution in [0.4, 0.5) is 0 Å². The predicted octanol–water partition coefficient (Wildman–Crippen LogP) is 4.93. The molecule has 4 aromatic rings. The Kier molecular flexibility index (Phi) is 7.50. The molecule has 0 unspecified atom stereocenters. The lowest BCUT2D eigenvalue weighted by molar-refractivity contribution is 0.415. The van der Waals surface area contributed by atoms with Gasteiger partial charge in [-0.25, -0.2) is 0 Å². The maximum atomic E-state index is 5.43. The number of benzene rings is 3. The van der Waals surface area contributed by atoms with Crippen molar-refractivity contribution in [2.24, 2.45) is 0 Å². The first kappa shape index (κ1) is 28.0. The Morgan fingerprint density at radius 2 is 0.811 bits per heavy atom. The highest BCUT2D eigenvalue weighted by Crippen LogP contribution is 2.27. The summed E-state index contributed by atoms with van der Waals surface area (Å²) in [5.41, 5.74) is 2.32. The van der Waals surface area contributed by atoms with Crippen molar-refractivity contribution in [3.05, 3.63) is 60.7 Å². The number of hydrogen-bond acceptors (Lipinski definition) is 5. The molecule has 0 spiro atoms. The SMILES string of the molecule is COc1ccc([Si](C)(C)[Si](C)(C)c2ccc([Si](C)(C)[Si](C)(C)c3ccc(OC)cc3)c3nsnc23)cc1. The Morgan fingerprint density at radius 3 is 1.11 bits per heavy atom. The Morgan fingerprint density at radius 1 is 0.486 bits per heavy atom. The normalized spacial score (nSPS) is 13.1. The molecule has 0 aliphatic carbocycles. The number of hydrogen-bond donors (Lipinski definition) is 0. The van der Waals surface area contributed by atoms with Crippen LogP contribution in [0, 0.1) is 0 Å². The van der Waals surface area contributed by atoms with Crippen LogP contribution in [0.25, 0.3) is 11.0 Å². The minimum absolute atomic E-state index is 0.916. The zero-order valence-electron chi connectivity index (χ0n) is 23.9. The molecule has 1 aromatic heterocycles. The average molecular weight is 581 g/mol. The number of nitrogens with zero attached hydrogens (tertiary/aromatic N) is 2. The Hall–Kier alpha value is -2.05. The molecule has 196 valence electrons. The van der Waals surface area contributed by atoms with E-state index in [1.165, 1.54) is 32.5 Å². The molecular formula is C28H40N2O2SSi4. The number of fused-ring (bicyclic) bond motifs is 1. The summed E-state index contributed by atoms with van der Waals surface area (Å²) in [6.45, 7) is 20.3. The molecule has 9 heteroatoms. The van der Waals surface area contributed by atoms with Crippen molar-refractivity contribution in [1.82, 2.24) is 8.75 Å². The second kappa shape index (κ2) is 9.92. The Bertz CT molecular complexity index is 1290. The van der Waals surface area contributed by atoms with E-state index in [-0.39, 0.29) is 0 Å². The molecule has 0 atom stereocenters. The van der Waals surface area contributed by atoms with E-state index in [1.54, 1.807) is 14.2 Å². The van der Waals surface area contributed by atoms with Crippen LogP contribution in [0.1, 0.15) is 0 Å². The summed E-state index contributed by atoms with van der Waals surface area (Å²) in [6, 6.07) is 22.4. The van der Waals surface area contributed by atoms with Gasteiger partial charge in [-0.05, 0) is 34.6 Å². The maximum absolute atomic E-state index is 5.43. The number of methoxy groups -OCH3 is 2. The monoisotopic (exact) mass is 580 g/mol. The van der Waals surface area contributed by atoms with E-state index in [4.69, 9.17) is 18.2 Å². The third-order valence-electron chi connectivity index (χ3n) is 9.51. The quantitative estimate of drug-likeness (QED) is 0.277. The van der Waals surface area contributed by atoms with Gasteiger partial charge in [-0.2, -0.15) is 8.75 Å². The third kappa shape index (κ3) is 4.58. The van der Waals surface area contributed by atoms with Crippen molar-refractivity contribution >= 4 is 73.9 Å². The van der Waals surface area contributed by atoms with Crippen LogP contribution in [-0.2, 0) is 0 Å². The van der Waals surface area contributed by atoms with Gasteiger partial charge < -0.3 is 9.47 Å². The number of ether oxygens (including phenoxy) is 2. The zero-order chi connectivity index (χ0) is 27.2. The van der Waals surface area contributed by atoms with Gasteiger partial charge in [-0.15, -0.1) is 0 Å². The lowest BCUT2D eigenvalue weighted by Gasteiger charge is -2.41. The van der Waals surface area contributed by atoms with Crippen LogP contribution >= 0.6 is 11.7 Å². The topological polar surface area (TPSA) is 44.2 Å². The molecule has 0 bridgehead atoms. The minimum Gasteiger partial charge on any atom is -0.497 e. The van der Waals surface area contributed by atoms with E-state index in [0.717, 1.165) is 22.5 Å². The van der Waals surface area contributed by atoms with Crippen molar-refractivity contribution in [3.8, 4) is 11.5 Å². The molecule has 0 fully saturated rings. The highest BCUT2D eigenvalue weighted by molar-refractivity contribution is 7.51. The summed E-state index contributed by atoms with van der Waals surface area (Å²) < 4.78 is 20.8. The molecule has 0 saturated carbocycles. The fourth-order valence-electron chi connectivity index (χ4n) is 5.29. The van der Waals surface area contributed by atoms with Crippen LogP contribution in [0.2, 0.25) is 52.4 Å². The van der Waals surface area contributed by atoms with Crippen molar-refractivity contribution in [1.29, 1.82) is 0 Å². The van der Waals surface area contributed by atoms with Crippen LogP contribution in [0.15, 0.2) is 60.7 Å². The van der Waals surface area contributed by atoms with Crippen molar-refractivity contribution in [3.63, 3.8) is 0 Å².